The zero-order chi connectivity index (χ0) is 14.8. The van der Waals surface area contributed by atoms with Gasteiger partial charge in [0.1, 0.15) is 17.5 Å². The van der Waals surface area contributed by atoms with E-state index < -0.39 is 0 Å². The van der Waals surface area contributed by atoms with Crippen molar-refractivity contribution in [1.82, 2.24) is 9.97 Å². The van der Waals surface area contributed by atoms with Crippen LogP contribution in [-0.4, -0.2) is 40.8 Å². The molecule has 1 aromatic rings. The van der Waals surface area contributed by atoms with Crippen molar-refractivity contribution in [2.45, 2.75) is 52.1 Å². The minimum Gasteiger partial charge on any atom is -0.391 e. The molecule has 1 unspecified atom stereocenters. The summed E-state index contributed by atoms with van der Waals surface area (Å²) in [7, 11) is 0. The third-order valence-electron chi connectivity index (χ3n) is 3.43. The van der Waals surface area contributed by atoms with Gasteiger partial charge in [0.05, 0.1) is 6.10 Å². The fourth-order valence-corrected chi connectivity index (χ4v) is 2.23. The van der Waals surface area contributed by atoms with E-state index in [4.69, 9.17) is 4.98 Å². The summed E-state index contributed by atoms with van der Waals surface area (Å²) in [6.07, 6.45) is 1.63. The lowest BCUT2D eigenvalue weighted by atomic mass is 9.96. The van der Waals surface area contributed by atoms with Gasteiger partial charge in [-0.25, -0.2) is 9.97 Å². The second-order valence-electron chi connectivity index (χ2n) is 6.50. The highest BCUT2D eigenvalue weighted by Gasteiger charge is 2.25. The van der Waals surface area contributed by atoms with Crippen LogP contribution in [0.4, 0.5) is 11.6 Å². The SMILES string of the molecule is CCCNc1cc(N2CCC(O)C2)nc(C(C)(C)C)n1. The molecule has 1 fully saturated rings. The Hall–Kier alpha value is -1.36. The number of aliphatic hydroxyl groups is 1. The van der Waals surface area contributed by atoms with Crippen LogP contribution in [0.1, 0.15) is 46.4 Å². The van der Waals surface area contributed by atoms with Crippen molar-refractivity contribution >= 4 is 11.6 Å². The van der Waals surface area contributed by atoms with E-state index in [1.165, 1.54) is 0 Å². The Morgan fingerprint density at radius 3 is 2.70 bits per heavy atom. The summed E-state index contributed by atoms with van der Waals surface area (Å²) >= 11 is 0. The van der Waals surface area contributed by atoms with Gasteiger partial charge in [0.2, 0.25) is 0 Å². The number of aromatic nitrogens is 2. The summed E-state index contributed by atoms with van der Waals surface area (Å²) in [5, 5.41) is 13.0. The van der Waals surface area contributed by atoms with Crippen molar-refractivity contribution in [3.8, 4) is 0 Å². The third kappa shape index (κ3) is 3.60. The summed E-state index contributed by atoms with van der Waals surface area (Å²) in [5.41, 5.74) is -0.0863. The van der Waals surface area contributed by atoms with Gasteiger partial charge in [0.25, 0.3) is 0 Å². The molecular weight excluding hydrogens is 252 g/mol. The van der Waals surface area contributed by atoms with Crippen molar-refractivity contribution in [2.75, 3.05) is 29.9 Å². The largest absolute Gasteiger partial charge is 0.391 e. The Balaban J connectivity index is 2.30. The second kappa shape index (κ2) is 5.95. The molecule has 0 amide bonds. The molecule has 1 atom stereocenters. The van der Waals surface area contributed by atoms with Gasteiger partial charge in [-0.15, -0.1) is 0 Å². The van der Waals surface area contributed by atoms with Crippen molar-refractivity contribution in [3.05, 3.63) is 11.9 Å². The van der Waals surface area contributed by atoms with Crippen molar-refractivity contribution in [1.29, 1.82) is 0 Å². The molecule has 0 saturated carbocycles. The standard InChI is InChI=1S/C15H26N4O/c1-5-7-16-12-9-13(19-8-6-11(20)10-19)18-14(17-12)15(2,3)4/h9,11,20H,5-8,10H2,1-4H3,(H,16,17,18). The van der Waals surface area contributed by atoms with Crippen LogP contribution < -0.4 is 10.2 Å². The van der Waals surface area contributed by atoms with Crippen LogP contribution in [0.15, 0.2) is 6.07 Å². The van der Waals surface area contributed by atoms with E-state index in [0.717, 1.165) is 43.4 Å². The maximum atomic E-state index is 9.70. The quantitative estimate of drug-likeness (QED) is 0.884. The van der Waals surface area contributed by atoms with Gasteiger partial charge in [-0.1, -0.05) is 27.7 Å². The number of aliphatic hydroxyl groups excluding tert-OH is 1. The highest BCUT2D eigenvalue weighted by molar-refractivity contribution is 5.50. The van der Waals surface area contributed by atoms with Crippen LogP contribution in [0.3, 0.4) is 0 Å². The Labute approximate surface area is 121 Å². The topological polar surface area (TPSA) is 61.3 Å². The molecule has 0 spiro atoms. The lowest BCUT2D eigenvalue weighted by molar-refractivity contribution is 0.198. The molecule has 2 rings (SSSR count). The van der Waals surface area contributed by atoms with Gasteiger partial charge in [-0.05, 0) is 12.8 Å². The first-order valence-electron chi connectivity index (χ1n) is 7.46. The van der Waals surface area contributed by atoms with Gasteiger partial charge in [0, 0.05) is 31.1 Å². The number of β-amino-alcohol motifs (C(OH)–C–C–N with tert-alkyl or cyclic N) is 1. The molecule has 5 nitrogen and oxygen atoms in total. The number of nitrogens with one attached hydrogen (secondary N) is 1. The molecule has 1 aromatic heterocycles. The van der Waals surface area contributed by atoms with Crippen molar-refractivity contribution < 1.29 is 5.11 Å². The zero-order valence-corrected chi connectivity index (χ0v) is 13.0. The molecule has 5 heteroatoms. The Morgan fingerprint density at radius 1 is 1.40 bits per heavy atom. The lowest BCUT2D eigenvalue weighted by Gasteiger charge is -2.23. The molecule has 2 heterocycles. The first-order valence-corrected chi connectivity index (χ1v) is 7.46. The van der Waals surface area contributed by atoms with Crippen molar-refractivity contribution in [2.24, 2.45) is 0 Å². The van der Waals surface area contributed by atoms with Gasteiger partial charge in [-0.2, -0.15) is 0 Å². The molecule has 1 aliphatic rings. The van der Waals surface area contributed by atoms with E-state index in [2.05, 4.69) is 42.9 Å². The molecule has 0 aliphatic carbocycles. The summed E-state index contributed by atoms with van der Waals surface area (Å²) in [6, 6.07) is 1.99. The molecule has 1 aliphatic heterocycles. The maximum Gasteiger partial charge on any atom is 0.138 e. The van der Waals surface area contributed by atoms with E-state index in [-0.39, 0.29) is 11.5 Å². The van der Waals surface area contributed by atoms with Crippen molar-refractivity contribution in [3.63, 3.8) is 0 Å². The predicted octanol–water partition coefficient (Wildman–Crippen LogP) is 2.17. The van der Waals surface area contributed by atoms with Crippen LogP contribution in [-0.2, 0) is 5.41 Å². The third-order valence-corrected chi connectivity index (χ3v) is 3.43. The average Bonchev–Trinajstić information content (AvgIpc) is 2.82. The Morgan fingerprint density at radius 2 is 2.15 bits per heavy atom. The second-order valence-corrected chi connectivity index (χ2v) is 6.50. The fourth-order valence-electron chi connectivity index (χ4n) is 2.23. The summed E-state index contributed by atoms with van der Waals surface area (Å²) < 4.78 is 0. The minimum atomic E-state index is -0.241. The molecule has 0 radical (unpaired) electrons. The number of nitrogens with zero attached hydrogens (tertiary/aromatic N) is 3. The van der Waals surface area contributed by atoms with Gasteiger partial charge in [-0.3, -0.25) is 0 Å². The Bertz CT molecular complexity index is 456. The first kappa shape index (κ1) is 15.0. The van der Waals surface area contributed by atoms with E-state index in [1.54, 1.807) is 0 Å². The lowest BCUT2D eigenvalue weighted by Crippen LogP contribution is -2.25. The molecule has 0 bridgehead atoms. The van der Waals surface area contributed by atoms with Gasteiger partial charge >= 0.3 is 0 Å². The molecule has 2 N–H and O–H groups in total. The smallest absolute Gasteiger partial charge is 0.138 e. The summed E-state index contributed by atoms with van der Waals surface area (Å²) in [5.74, 6) is 2.64. The van der Waals surface area contributed by atoms with Gasteiger partial charge in [0.15, 0.2) is 0 Å². The van der Waals surface area contributed by atoms with Crippen LogP contribution >= 0.6 is 0 Å². The van der Waals surface area contributed by atoms with Gasteiger partial charge < -0.3 is 15.3 Å². The van der Waals surface area contributed by atoms with E-state index >= 15 is 0 Å². The number of rotatable bonds is 4. The van der Waals surface area contributed by atoms with Crippen LogP contribution in [0, 0.1) is 0 Å². The predicted molar refractivity (Wildman–Crippen MR) is 82.3 cm³/mol. The maximum absolute atomic E-state index is 9.70. The summed E-state index contributed by atoms with van der Waals surface area (Å²) in [4.78, 5) is 11.5. The monoisotopic (exact) mass is 278 g/mol. The molecule has 112 valence electrons. The van der Waals surface area contributed by atoms with E-state index in [1.807, 2.05) is 6.07 Å². The fraction of sp³-hybridized carbons (Fsp3) is 0.733. The first-order chi connectivity index (χ1) is 9.40. The average molecular weight is 278 g/mol. The highest BCUT2D eigenvalue weighted by Crippen LogP contribution is 2.26. The zero-order valence-electron chi connectivity index (χ0n) is 13.0. The Kier molecular flexibility index (Phi) is 4.48. The summed E-state index contributed by atoms with van der Waals surface area (Å²) in [6.45, 7) is 10.9. The van der Waals surface area contributed by atoms with Crippen LogP contribution in [0.25, 0.3) is 0 Å². The van der Waals surface area contributed by atoms with E-state index in [0.29, 0.717) is 6.54 Å². The van der Waals surface area contributed by atoms with Crippen LogP contribution in [0.2, 0.25) is 0 Å². The number of anilines is 2. The highest BCUT2D eigenvalue weighted by atomic mass is 16.3. The number of hydrogen-bond acceptors (Lipinski definition) is 5. The number of hydrogen-bond donors (Lipinski definition) is 2. The van der Waals surface area contributed by atoms with Crippen LogP contribution in [0.5, 0.6) is 0 Å². The minimum absolute atomic E-state index is 0.0863. The molecular formula is C15H26N4O. The molecule has 20 heavy (non-hydrogen) atoms. The molecule has 1 saturated heterocycles. The molecule has 0 aromatic carbocycles. The normalized spacial score (nSPS) is 19.4. The van der Waals surface area contributed by atoms with E-state index in [9.17, 15) is 5.11 Å².